The van der Waals surface area contributed by atoms with Gasteiger partial charge in [-0.3, -0.25) is 0 Å². The molecule has 0 aliphatic carbocycles. The summed E-state index contributed by atoms with van der Waals surface area (Å²) in [6.45, 7) is 3.02. The minimum atomic E-state index is -0.924. The first-order chi connectivity index (χ1) is 9.72. The lowest BCUT2D eigenvalue weighted by atomic mass is 9.79. The normalized spacial score (nSPS) is 13.4. The van der Waals surface area contributed by atoms with Crippen LogP contribution in [0.3, 0.4) is 0 Å². The zero-order valence-corrected chi connectivity index (χ0v) is 11.9. The maximum atomic E-state index is 11.9. The Labute approximate surface area is 120 Å². The number of rotatable bonds is 7. The number of ether oxygens (including phenoxy) is 1. The summed E-state index contributed by atoms with van der Waals surface area (Å²) in [5.41, 5.74) is 2.07. The Bertz CT molecular complexity index is 461. The van der Waals surface area contributed by atoms with E-state index in [9.17, 15) is 9.82 Å². The van der Waals surface area contributed by atoms with Crippen LogP contribution in [0.2, 0.25) is 0 Å². The molecule has 1 aliphatic rings. The number of hydrogen-bond donors (Lipinski definition) is 1. The van der Waals surface area contributed by atoms with Gasteiger partial charge >= 0.3 is 13.1 Å². The van der Waals surface area contributed by atoms with Crippen molar-refractivity contribution in [3.63, 3.8) is 0 Å². The predicted octanol–water partition coefficient (Wildman–Crippen LogP) is 2.03. The van der Waals surface area contributed by atoms with Crippen LogP contribution in [0.5, 0.6) is 0 Å². The molecule has 0 bridgehead atoms. The van der Waals surface area contributed by atoms with Gasteiger partial charge in [-0.25, -0.2) is 4.79 Å². The van der Waals surface area contributed by atoms with Crippen LogP contribution in [-0.2, 0) is 16.0 Å². The maximum absolute atomic E-state index is 11.9. The highest BCUT2D eigenvalue weighted by Crippen LogP contribution is 2.12. The van der Waals surface area contributed by atoms with Gasteiger partial charge in [0.1, 0.15) is 0 Å². The number of carbonyl (C=O) groups is 1. The molecule has 20 heavy (non-hydrogen) atoms. The molecule has 1 aliphatic heterocycles. The topological polar surface area (TPSA) is 55.8 Å². The van der Waals surface area contributed by atoms with Gasteiger partial charge in [-0.1, -0.05) is 38.7 Å². The highest BCUT2D eigenvalue weighted by Gasteiger charge is 2.28. The van der Waals surface area contributed by atoms with Crippen molar-refractivity contribution in [2.75, 3.05) is 6.61 Å². The average molecular weight is 276 g/mol. The lowest BCUT2D eigenvalue weighted by Crippen LogP contribution is -2.28. The number of hydrogen-bond acceptors (Lipinski definition) is 4. The van der Waals surface area contributed by atoms with Gasteiger partial charge in [0.15, 0.2) is 0 Å². The predicted molar refractivity (Wildman–Crippen MR) is 77.9 cm³/mol. The number of carbonyl (C=O) groups excluding carboxylic acids is 1. The Morgan fingerprint density at radius 2 is 2.15 bits per heavy atom. The fourth-order valence-corrected chi connectivity index (χ4v) is 2.30. The van der Waals surface area contributed by atoms with Gasteiger partial charge in [-0.05, 0) is 29.6 Å². The van der Waals surface area contributed by atoms with Crippen molar-refractivity contribution in [3.8, 4) is 0 Å². The maximum Gasteiger partial charge on any atom is 0.491 e. The second-order valence-corrected chi connectivity index (χ2v) is 5.13. The summed E-state index contributed by atoms with van der Waals surface area (Å²) < 4.78 is 10.3. The standard InChI is InChI=1S/C15H21BO4/c1-2-3-4-5-6-9-19-15(17)12-7-8-13-11-20-16(18)14(13)10-12/h7-8,10,18H,2-6,9,11H2,1H3. The summed E-state index contributed by atoms with van der Waals surface area (Å²) in [5, 5.41) is 9.61. The van der Waals surface area contributed by atoms with Gasteiger partial charge in [0.25, 0.3) is 0 Å². The highest BCUT2D eigenvalue weighted by atomic mass is 16.5. The number of benzene rings is 1. The van der Waals surface area contributed by atoms with E-state index in [4.69, 9.17) is 9.39 Å². The van der Waals surface area contributed by atoms with Crippen molar-refractivity contribution in [2.24, 2.45) is 0 Å². The fourth-order valence-electron chi connectivity index (χ4n) is 2.30. The molecule has 108 valence electrons. The molecular formula is C15H21BO4. The third kappa shape index (κ3) is 3.84. The summed E-state index contributed by atoms with van der Waals surface area (Å²) in [5.74, 6) is -0.331. The molecule has 1 N–H and O–H groups in total. The average Bonchev–Trinajstić information content (AvgIpc) is 2.83. The molecule has 0 radical (unpaired) electrons. The molecule has 0 spiro atoms. The first-order valence-corrected chi connectivity index (χ1v) is 7.32. The second-order valence-electron chi connectivity index (χ2n) is 5.13. The molecule has 0 saturated carbocycles. The van der Waals surface area contributed by atoms with Crippen LogP contribution in [0.1, 0.15) is 54.9 Å². The van der Waals surface area contributed by atoms with Gasteiger partial charge in [-0.2, -0.15) is 0 Å². The number of fused-ring (bicyclic) bond motifs is 1. The van der Waals surface area contributed by atoms with E-state index in [-0.39, 0.29) is 5.97 Å². The van der Waals surface area contributed by atoms with Crippen molar-refractivity contribution in [1.29, 1.82) is 0 Å². The molecule has 0 saturated heterocycles. The Hall–Kier alpha value is -1.33. The molecule has 4 nitrogen and oxygen atoms in total. The van der Waals surface area contributed by atoms with E-state index in [1.54, 1.807) is 12.1 Å². The highest BCUT2D eigenvalue weighted by molar-refractivity contribution is 6.61. The fraction of sp³-hybridized carbons (Fsp3) is 0.533. The van der Waals surface area contributed by atoms with E-state index in [0.29, 0.717) is 24.2 Å². The van der Waals surface area contributed by atoms with E-state index in [2.05, 4.69) is 6.92 Å². The van der Waals surface area contributed by atoms with E-state index < -0.39 is 7.12 Å². The lowest BCUT2D eigenvalue weighted by Gasteiger charge is -2.06. The number of unbranched alkanes of at least 4 members (excludes halogenated alkanes) is 4. The van der Waals surface area contributed by atoms with Crippen molar-refractivity contribution in [1.82, 2.24) is 0 Å². The third-order valence-electron chi connectivity index (χ3n) is 3.53. The Morgan fingerprint density at radius 1 is 1.35 bits per heavy atom. The largest absolute Gasteiger partial charge is 0.491 e. The third-order valence-corrected chi connectivity index (χ3v) is 3.53. The first kappa shape index (κ1) is 15.1. The molecule has 1 heterocycles. The van der Waals surface area contributed by atoms with Gasteiger partial charge in [0.2, 0.25) is 0 Å². The van der Waals surface area contributed by atoms with Crippen molar-refractivity contribution < 1.29 is 19.2 Å². The van der Waals surface area contributed by atoms with E-state index >= 15 is 0 Å². The van der Waals surface area contributed by atoms with Crippen molar-refractivity contribution >= 4 is 18.6 Å². The van der Waals surface area contributed by atoms with E-state index in [0.717, 1.165) is 18.4 Å². The Morgan fingerprint density at radius 3 is 2.95 bits per heavy atom. The molecule has 2 rings (SSSR count). The van der Waals surface area contributed by atoms with Crippen LogP contribution in [0.4, 0.5) is 0 Å². The van der Waals surface area contributed by atoms with Crippen LogP contribution in [0.25, 0.3) is 0 Å². The van der Waals surface area contributed by atoms with Crippen molar-refractivity contribution in [3.05, 3.63) is 29.3 Å². The molecular weight excluding hydrogens is 255 g/mol. The molecule has 0 unspecified atom stereocenters. The molecule has 1 aromatic carbocycles. The zero-order valence-electron chi connectivity index (χ0n) is 11.9. The van der Waals surface area contributed by atoms with Gasteiger partial charge < -0.3 is 14.4 Å². The SMILES string of the molecule is CCCCCCCOC(=O)c1ccc2c(c1)B(O)OC2. The van der Waals surface area contributed by atoms with Gasteiger partial charge in [-0.15, -0.1) is 0 Å². The molecule has 0 aromatic heterocycles. The number of esters is 1. The lowest BCUT2D eigenvalue weighted by molar-refractivity contribution is 0.0498. The smallest absolute Gasteiger partial charge is 0.462 e. The summed E-state index contributed by atoms with van der Waals surface area (Å²) in [6, 6.07) is 5.19. The summed E-state index contributed by atoms with van der Waals surface area (Å²) in [6.07, 6.45) is 5.63. The van der Waals surface area contributed by atoms with Crippen LogP contribution in [0, 0.1) is 0 Å². The van der Waals surface area contributed by atoms with Gasteiger partial charge in [0.05, 0.1) is 18.8 Å². The van der Waals surface area contributed by atoms with Crippen LogP contribution >= 0.6 is 0 Å². The second kappa shape index (κ2) is 7.46. The first-order valence-electron chi connectivity index (χ1n) is 7.32. The minimum absolute atomic E-state index is 0.331. The molecule has 1 aromatic rings. The molecule has 0 amide bonds. The van der Waals surface area contributed by atoms with Gasteiger partial charge in [0, 0.05) is 0 Å². The van der Waals surface area contributed by atoms with E-state index in [1.807, 2.05) is 6.07 Å². The van der Waals surface area contributed by atoms with Crippen LogP contribution in [-0.4, -0.2) is 24.7 Å². The van der Waals surface area contributed by atoms with Crippen molar-refractivity contribution in [2.45, 2.75) is 45.6 Å². The molecule has 5 heteroatoms. The van der Waals surface area contributed by atoms with Crippen LogP contribution in [0.15, 0.2) is 18.2 Å². The Balaban J connectivity index is 1.80. The monoisotopic (exact) mass is 276 g/mol. The minimum Gasteiger partial charge on any atom is -0.462 e. The summed E-state index contributed by atoms with van der Waals surface area (Å²) in [7, 11) is -0.924. The van der Waals surface area contributed by atoms with E-state index in [1.165, 1.54) is 19.3 Å². The zero-order chi connectivity index (χ0) is 14.4. The summed E-state index contributed by atoms with van der Waals surface area (Å²) in [4.78, 5) is 11.9. The van der Waals surface area contributed by atoms with Crippen LogP contribution < -0.4 is 5.46 Å². The molecule has 0 atom stereocenters. The Kier molecular flexibility index (Phi) is 5.62. The summed E-state index contributed by atoms with van der Waals surface area (Å²) >= 11 is 0. The quantitative estimate of drug-likeness (QED) is 0.470. The molecule has 0 fully saturated rings.